The quantitative estimate of drug-likeness (QED) is 0.585. The predicted octanol–water partition coefficient (Wildman–Crippen LogP) is 3.29. The van der Waals surface area contributed by atoms with Crippen LogP contribution in [0.15, 0.2) is 59.8 Å². The third-order valence-corrected chi connectivity index (χ3v) is 4.72. The second-order valence-electron chi connectivity index (χ2n) is 5.52. The summed E-state index contributed by atoms with van der Waals surface area (Å²) in [5.41, 5.74) is 2.07. The molecule has 0 spiro atoms. The number of nitrogens with zero attached hydrogens (tertiary/aromatic N) is 1. The van der Waals surface area contributed by atoms with Gasteiger partial charge in [0.05, 0.1) is 24.4 Å². The predicted molar refractivity (Wildman–Crippen MR) is 92.3 cm³/mol. The van der Waals surface area contributed by atoms with E-state index in [9.17, 15) is 14.0 Å². The van der Waals surface area contributed by atoms with Crippen molar-refractivity contribution >= 4 is 33.4 Å². The number of alkyl halides is 1. The highest BCUT2D eigenvalue weighted by atomic mass is 79.9. The molecule has 24 heavy (non-hydrogen) atoms. The summed E-state index contributed by atoms with van der Waals surface area (Å²) >= 11 is 3.32. The van der Waals surface area contributed by atoms with Crippen LogP contribution >= 0.6 is 15.9 Å². The Morgan fingerprint density at radius 1 is 1.33 bits per heavy atom. The maximum Gasteiger partial charge on any atom is 0.307 e. The smallest absolute Gasteiger partial charge is 0.307 e. The molecule has 2 aliphatic rings. The second-order valence-corrected chi connectivity index (χ2v) is 6.51. The highest BCUT2D eigenvalue weighted by Crippen LogP contribution is 2.33. The lowest BCUT2D eigenvalue weighted by Crippen LogP contribution is -2.37. The van der Waals surface area contributed by atoms with Gasteiger partial charge in [0.1, 0.15) is 5.82 Å². The molecule has 6 heteroatoms. The fraction of sp³-hybridized carbons (Fsp3) is 0.222. The molecule has 0 fully saturated rings. The molecule has 0 radical (unpaired) electrons. The molecule has 124 valence electrons. The maximum absolute atomic E-state index is 13.2. The van der Waals surface area contributed by atoms with Crippen molar-refractivity contribution in [1.29, 1.82) is 0 Å². The summed E-state index contributed by atoms with van der Waals surface area (Å²) in [6.45, 7) is 0. The van der Waals surface area contributed by atoms with Gasteiger partial charge in [-0.2, -0.15) is 0 Å². The number of allylic oxidation sites excluding steroid dienone is 4. The summed E-state index contributed by atoms with van der Waals surface area (Å²) in [5, 5.41) is 0. The van der Waals surface area contributed by atoms with Crippen molar-refractivity contribution in [3.63, 3.8) is 0 Å². The zero-order valence-electron chi connectivity index (χ0n) is 12.9. The minimum Gasteiger partial charge on any atom is -0.469 e. The largest absolute Gasteiger partial charge is 0.469 e. The summed E-state index contributed by atoms with van der Waals surface area (Å²) in [7, 11) is 1.32. The van der Waals surface area contributed by atoms with Gasteiger partial charge in [0.25, 0.3) is 0 Å². The number of Topliss-reactive ketones (excluding diaryl/α,β-unsaturated/α-hetero) is 1. The van der Waals surface area contributed by atoms with Crippen LogP contribution in [0.4, 0.5) is 10.1 Å². The topological polar surface area (TPSA) is 46.6 Å². The molecule has 1 aromatic carbocycles. The fourth-order valence-corrected chi connectivity index (χ4v) is 3.16. The summed E-state index contributed by atoms with van der Waals surface area (Å²) < 4.78 is 18.0. The zero-order valence-corrected chi connectivity index (χ0v) is 14.5. The van der Waals surface area contributed by atoms with Crippen molar-refractivity contribution in [3.8, 4) is 0 Å². The Morgan fingerprint density at radius 2 is 2.04 bits per heavy atom. The minimum absolute atomic E-state index is 0.0441. The Hall–Kier alpha value is -2.21. The monoisotopic (exact) mass is 391 g/mol. The van der Waals surface area contributed by atoms with Gasteiger partial charge < -0.3 is 9.64 Å². The Bertz CT molecular complexity index is 767. The van der Waals surface area contributed by atoms with Gasteiger partial charge in [-0.15, -0.1) is 0 Å². The Labute approximate surface area is 147 Å². The third kappa shape index (κ3) is 3.19. The number of hydrogen-bond acceptors (Lipinski definition) is 4. The van der Waals surface area contributed by atoms with Crippen LogP contribution in [-0.2, 0) is 14.3 Å². The van der Waals surface area contributed by atoms with E-state index in [1.165, 1.54) is 19.2 Å². The molecule has 0 saturated heterocycles. The van der Waals surface area contributed by atoms with Crippen LogP contribution in [0, 0.1) is 5.82 Å². The molecule has 0 aromatic heterocycles. The van der Waals surface area contributed by atoms with E-state index in [2.05, 4.69) is 15.9 Å². The Morgan fingerprint density at radius 3 is 2.71 bits per heavy atom. The summed E-state index contributed by atoms with van der Waals surface area (Å²) in [4.78, 5) is 25.6. The van der Waals surface area contributed by atoms with E-state index in [1.807, 2.05) is 17.2 Å². The zero-order chi connectivity index (χ0) is 17.3. The number of carbonyl (C=O) groups excluding carboxylic acids is 2. The number of rotatable bonds is 3. The van der Waals surface area contributed by atoms with Crippen molar-refractivity contribution < 1.29 is 18.7 Å². The highest BCUT2D eigenvalue weighted by molar-refractivity contribution is 9.10. The molecule has 1 aliphatic carbocycles. The molecule has 1 aromatic rings. The number of carbonyl (C=O) groups is 2. The number of anilines is 1. The first kappa shape index (κ1) is 16.6. The first-order chi connectivity index (χ1) is 11.5. The van der Waals surface area contributed by atoms with E-state index in [1.54, 1.807) is 24.3 Å². The molecule has 2 atom stereocenters. The van der Waals surface area contributed by atoms with Crippen LogP contribution in [0.2, 0.25) is 0 Å². The number of fused-ring (bicyclic) bond motifs is 1. The van der Waals surface area contributed by atoms with E-state index in [4.69, 9.17) is 4.74 Å². The fourth-order valence-electron chi connectivity index (χ4n) is 2.76. The number of benzene rings is 1. The number of ether oxygens (including phenoxy) is 1. The molecule has 1 heterocycles. The van der Waals surface area contributed by atoms with Crippen molar-refractivity contribution in [1.82, 2.24) is 0 Å². The highest BCUT2D eigenvalue weighted by Gasteiger charge is 2.31. The van der Waals surface area contributed by atoms with Crippen LogP contribution in [-0.4, -0.2) is 29.7 Å². The average molecular weight is 392 g/mol. The van der Waals surface area contributed by atoms with E-state index < -0.39 is 0 Å². The summed E-state index contributed by atoms with van der Waals surface area (Å²) in [5.74, 6) is -0.758. The molecule has 4 nitrogen and oxygen atoms in total. The Kier molecular flexibility index (Phi) is 4.66. The molecule has 0 saturated carbocycles. The maximum atomic E-state index is 13.2. The van der Waals surface area contributed by atoms with Gasteiger partial charge in [-0.05, 0) is 30.3 Å². The lowest BCUT2D eigenvalue weighted by molar-refractivity contribution is -0.140. The van der Waals surface area contributed by atoms with Crippen molar-refractivity contribution in [2.45, 2.75) is 17.3 Å². The third-order valence-electron chi connectivity index (χ3n) is 3.99. The molecule has 0 amide bonds. The van der Waals surface area contributed by atoms with Crippen LogP contribution in [0.3, 0.4) is 0 Å². The lowest BCUT2D eigenvalue weighted by Gasteiger charge is -2.34. The average Bonchev–Trinajstić information content (AvgIpc) is 2.59. The van der Waals surface area contributed by atoms with Crippen molar-refractivity contribution in [2.75, 3.05) is 12.0 Å². The van der Waals surface area contributed by atoms with E-state index in [0.717, 1.165) is 11.3 Å². The minimum atomic E-state index is -0.380. The van der Waals surface area contributed by atoms with Crippen molar-refractivity contribution in [2.24, 2.45) is 0 Å². The molecule has 0 bridgehead atoms. The standard InChI is InChI=1S/C18H15BrFNO3/c1-24-17(22)9-14-8-15-11(2-7-16(19)18(15)23)10-21(14)13-5-3-12(20)4-6-13/h2-8,10,14,16H,9H2,1H3. The van der Waals surface area contributed by atoms with E-state index in [-0.39, 0.29) is 34.9 Å². The van der Waals surface area contributed by atoms with Gasteiger partial charge in [0.2, 0.25) is 0 Å². The lowest BCUT2D eigenvalue weighted by atomic mass is 9.89. The number of ketones is 1. The molecule has 2 unspecified atom stereocenters. The number of esters is 1. The molecule has 3 rings (SSSR count). The molecular formula is C18H15BrFNO3. The first-order valence-corrected chi connectivity index (χ1v) is 8.32. The van der Waals surface area contributed by atoms with Crippen LogP contribution < -0.4 is 4.90 Å². The number of methoxy groups -OCH3 is 1. The van der Waals surface area contributed by atoms with Gasteiger partial charge in [0.15, 0.2) is 5.78 Å². The van der Waals surface area contributed by atoms with Crippen LogP contribution in [0.5, 0.6) is 0 Å². The number of hydrogen-bond donors (Lipinski definition) is 0. The van der Waals surface area contributed by atoms with Gasteiger partial charge in [-0.1, -0.05) is 28.1 Å². The van der Waals surface area contributed by atoms with Crippen molar-refractivity contribution in [3.05, 3.63) is 65.7 Å². The summed E-state index contributed by atoms with van der Waals surface area (Å²) in [6.07, 6.45) is 7.30. The van der Waals surface area contributed by atoms with E-state index >= 15 is 0 Å². The SMILES string of the molecule is COC(=O)CC1C=C2C(=O)C(Br)C=CC2=CN1c1ccc(F)cc1. The first-order valence-electron chi connectivity index (χ1n) is 7.41. The van der Waals surface area contributed by atoms with Crippen LogP contribution in [0.25, 0.3) is 0 Å². The molecule has 0 N–H and O–H groups in total. The van der Waals surface area contributed by atoms with Crippen LogP contribution in [0.1, 0.15) is 6.42 Å². The van der Waals surface area contributed by atoms with Gasteiger partial charge >= 0.3 is 5.97 Å². The van der Waals surface area contributed by atoms with Gasteiger partial charge in [-0.3, -0.25) is 9.59 Å². The summed E-state index contributed by atoms with van der Waals surface area (Å²) in [6, 6.07) is 5.61. The van der Waals surface area contributed by atoms with E-state index in [0.29, 0.717) is 5.57 Å². The molecular weight excluding hydrogens is 377 g/mol. The van der Waals surface area contributed by atoms with Gasteiger partial charge in [0, 0.05) is 23.0 Å². The second kappa shape index (κ2) is 6.73. The normalized spacial score (nSPS) is 22.6. The Balaban J connectivity index is 2.02. The van der Waals surface area contributed by atoms with Gasteiger partial charge in [-0.25, -0.2) is 4.39 Å². The molecule has 1 aliphatic heterocycles. The number of halogens is 2.